The third kappa shape index (κ3) is 3.93. The van der Waals surface area contributed by atoms with Gasteiger partial charge in [-0.1, -0.05) is 11.6 Å². The fraction of sp³-hybridized carbons (Fsp3) is 0.400. The lowest BCUT2D eigenvalue weighted by molar-refractivity contribution is 0.0512. The molecule has 0 fully saturated rings. The number of hydrogen-bond acceptors (Lipinski definition) is 4. The summed E-state index contributed by atoms with van der Waals surface area (Å²) in [4.78, 5) is 25.3. The van der Waals surface area contributed by atoms with Crippen LogP contribution in [0.2, 0.25) is 5.02 Å². The number of ether oxygens (including phenoxy) is 2. The summed E-state index contributed by atoms with van der Waals surface area (Å²) >= 11 is 5.87. The molecule has 0 unspecified atom stereocenters. The molecule has 0 bridgehead atoms. The number of carbonyl (C=O) groups excluding carboxylic acids is 2. The van der Waals surface area contributed by atoms with Crippen molar-refractivity contribution in [1.82, 2.24) is 4.57 Å². The predicted molar refractivity (Wildman–Crippen MR) is 101 cm³/mol. The molecule has 6 heteroatoms. The Morgan fingerprint density at radius 1 is 1.15 bits per heavy atom. The molecule has 5 nitrogen and oxygen atoms in total. The van der Waals surface area contributed by atoms with Crippen LogP contribution in [0.4, 0.5) is 0 Å². The lowest BCUT2D eigenvalue weighted by Gasteiger charge is -2.14. The third-order valence-corrected chi connectivity index (χ3v) is 4.55. The number of Topliss-reactive ketones (excluding diaryl/α,β-unsaturated/α-hetero) is 1. The normalized spacial score (nSPS) is 11.9. The first kappa shape index (κ1) is 20.0. The average Bonchev–Trinajstić information content (AvgIpc) is 2.86. The van der Waals surface area contributed by atoms with Crippen LogP contribution in [0.5, 0.6) is 5.75 Å². The Morgan fingerprint density at radius 2 is 1.77 bits per heavy atom. The number of carbonyl (C=O) groups is 2. The van der Waals surface area contributed by atoms with Gasteiger partial charge in [0.2, 0.25) is 5.78 Å². The Hall–Kier alpha value is -2.27. The molecule has 0 radical (unpaired) electrons. The van der Waals surface area contributed by atoms with Crippen molar-refractivity contribution in [2.75, 3.05) is 6.61 Å². The van der Waals surface area contributed by atoms with Crippen molar-refractivity contribution in [2.24, 2.45) is 0 Å². The first-order valence-corrected chi connectivity index (χ1v) is 9.02. The fourth-order valence-electron chi connectivity index (χ4n) is 3.09. The van der Waals surface area contributed by atoms with E-state index >= 15 is 0 Å². The molecule has 0 N–H and O–H groups in total. The first-order valence-electron chi connectivity index (χ1n) is 8.64. The molecule has 2 rings (SSSR count). The van der Waals surface area contributed by atoms with Gasteiger partial charge in [0.05, 0.1) is 6.61 Å². The average molecular weight is 378 g/mol. The van der Waals surface area contributed by atoms with Gasteiger partial charge in [0.1, 0.15) is 11.4 Å². The maximum absolute atomic E-state index is 13.0. The van der Waals surface area contributed by atoms with Crippen LogP contribution in [0.15, 0.2) is 24.3 Å². The monoisotopic (exact) mass is 377 g/mol. The fourth-order valence-corrected chi connectivity index (χ4v) is 3.22. The second-order valence-electron chi connectivity index (χ2n) is 5.98. The van der Waals surface area contributed by atoms with Crippen LogP contribution in [0, 0.1) is 13.8 Å². The summed E-state index contributed by atoms with van der Waals surface area (Å²) in [5.41, 5.74) is 2.30. The van der Waals surface area contributed by atoms with E-state index < -0.39 is 12.1 Å². The molecule has 0 saturated carbocycles. The zero-order valence-electron chi connectivity index (χ0n) is 15.8. The van der Waals surface area contributed by atoms with Gasteiger partial charge >= 0.3 is 5.97 Å². The number of rotatable bonds is 7. The van der Waals surface area contributed by atoms with Crippen molar-refractivity contribution in [3.63, 3.8) is 0 Å². The molecular weight excluding hydrogens is 354 g/mol. The summed E-state index contributed by atoms with van der Waals surface area (Å²) in [5, 5.41) is 0.599. The smallest absolute Gasteiger partial charge is 0.355 e. The van der Waals surface area contributed by atoms with Gasteiger partial charge in [-0.25, -0.2) is 4.79 Å². The van der Waals surface area contributed by atoms with Gasteiger partial charge in [0.15, 0.2) is 6.10 Å². The summed E-state index contributed by atoms with van der Waals surface area (Å²) in [5.74, 6) is -0.0286. The molecule has 1 aromatic heterocycles. The van der Waals surface area contributed by atoms with E-state index in [0.29, 0.717) is 34.1 Å². The van der Waals surface area contributed by atoms with Crippen LogP contribution in [-0.4, -0.2) is 29.0 Å². The van der Waals surface area contributed by atoms with Crippen molar-refractivity contribution in [3.05, 3.63) is 51.8 Å². The van der Waals surface area contributed by atoms with E-state index in [0.717, 1.165) is 5.69 Å². The van der Waals surface area contributed by atoms with E-state index in [-0.39, 0.29) is 12.4 Å². The van der Waals surface area contributed by atoms with E-state index in [4.69, 9.17) is 21.1 Å². The number of ketones is 1. The Balaban J connectivity index is 2.35. The minimum atomic E-state index is -0.698. The van der Waals surface area contributed by atoms with Crippen molar-refractivity contribution >= 4 is 23.4 Å². The highest BCUT2D eigenvalue weighted by Gasteiger charge is 2.29. The van der Waals surface area contributed by atoms with Gasteiger partial charge in [0.25, 0.3) is 0 Å². The zero-order chi connectivity index (χ0) is 19.4. The summed E-state index contributed by atoms with van der Waals surface area (Å²) < 4.78 is 12.7. The van der Waals surface area contributed by atoms with Crippen molar-refractivity contribution in [1.29, 1.82) is 0 Å². The number of aromatic nitrogens is 1. The summed E-state index contributed by atoms with van der Waals surface area (Å²) in [6, 6.07) is 6.84. The van der Waals surface area contributed by atoms with Crippen LogP contribution in [0.3, 0.4) is 0 Å². The van der Waals surface area contributed by atoms with Crippen LogP contribution < -0.4 is 4.74 Å². The molecule has 26 heavy (non-hydrogen) atoms. The second kappa shape index (κ2) is 8.41. The van der Waals surface area contributed by atoms with Gasteiger partial charge in [-0.15, -0.1) is 0 Å². The predicted octanol–water partition coefficient (Wildman–Crippen LogP) is 4.61. The molecule has 0 spiro atoms. The van der Waals surface area contributed by atoms with E-state index in [1.54, 1.807) is 45.0 Å². The largest absolute Gasteiger partial charge is 0.483 e. The van der Waals surface area contributed by atoms with Gasteiger partial charge in [-0.05, 0) is 64.4 Å². The molecule has 2 aromatic rings. The van der Waals surface area contributed by atoms with Gasteiger partial charge < -0.3 is 14.0 Å². The lowest BCUT2D eigenvalue weighted by atomic mass is 10.0. The topological polar surface area (TPSA) is 57.5 Å². The molecule has 0 saturated heterocycles. The van der Waals surface area contributed by atoms with E-state index in [1.807, 2.05) is 18.4 Å². The highest BCUT2D eigenvalue weighted by atomic mass is 35.5. The van der Waals surface area contributed by atoms with Crippen LogP contribution in [0.25, 0.3) is 0 Å². The molecular formula is C20H24ClNO4. The van der Waals surface area contributed by atoms with Crippen molar-refractivity contribution in [2.45, 2.75) is 47.3 Å². The van der Waals surface area contributed by atoms with E-state index in [1.165, 1.54) is 0 Å². The standard InChI is InChI=1S/C20H24ClNO4/c1-6-22-13(4)17(12(3)18(22)20(24)25-7-2)19(23)14(5)26-16-10-8-15(21)9-11-16/h8-11,14H,6-7H2,1-5H3/t14-/m0/s1. The number of halogens is 1. The zero-order valence-corrected chi connectivity index (χ0v) is 16.5. The lowest BCUT2D eigenvalue weighted by Crippen LogP contribution is -2.25. The maximum Gasteiger partial charge on any atom is 0.355 e. The molecule has 0 aliphatic carbocycles. The summed E-state index contributed by atoms with van der Waals surface area (Å²) in [6.45, 7) is 9.84. The molecule has 1 heterocycles. The second-order valence-corrected chi connectivity index (χ2v) is 6.41. The minimum Gasteiger partial charge on any atom is -0.483 e. The van der Waals surface area contributed by atoms with Gasteiger partial charge in [-0.2, -0.15) is 0 Å². The number of hydrogen-bond donors (Lipinski definition) is 0. The Labute approximate surface area is 158 Å². The van der Waals surface area contributed by atoms with Crippen LogP contribution in [0.1, 0.15) is 52.9 Å². The van der Waals surface area contributed by atoms with Gasteiger partial charge in [-0.3, -0.25) is 4.79 Å². The highest BCUT2D eigenvalue weighted by molar-refractivity contribution is 6.30. The number of nitrogens with zero attached hydrogens (tertiary/aromatic N) is 1. The molecule has 0 aliphatic heterocycles. The highest BCUT2D eigenvalue weighted by Crippen LogP contribution is 2.26. The van der Waals surface area contributed by atoms with Crippen molar-refractivity contribution < 1.29 is 19.1 Å². The summed E-state index contributed by atoms with van der Waals surface area (Å²) in [7, 11) is 0. The third-order valence-electron chi connectivity index (χ3n) is 4.29. The molecule has 1 atom stereocenters. The van der Waals surface area contributed by atoms with Crippen LogP contribution in [-0.2, 0) is 11.3 Å². The van der Waals surface area contributed by atoms with Crippen LogP contribution >= 0.6 is 11.6 Å². The first-order chi connectivity index (χ1) is 12.3. The Morgan fingerprint density at radius 3 is 2.31 bits per heavy atom. The van der Waals surface area contributed by atoms with Crippen molar-refractivity contribution in [3.8, 4) is 5.75 Å². The number of esters is 1. The maximum atomic E-state index is 13.0. The quantitative estimate of drug-likeness (QED) is 0.522. The Bertz CT molecular complexity index is 808. The molecule has 0 aliphatic rings. The SMILES string of the molecule is CCOC(=O)c1c(C)c(C(=O)[C@H](C)Oc2ccc(Cl)cc2)c(C)n1CC. The molecule has 1 aromatic carbocycles. The van der Waals surface area contributed by atoms with E-state index in [2.05, 4.69) is 0 Å². The Kier molecular flexibility index (Phi) is 6.48. The molecule has 0 amide bonds. The summed E-state index contributed by atoms with van der Waals surface area (Å²) in [6.07, 6.45) is -0.698. The van der Waals surface area contributed by atoms with Gasteiger partial charge in [0, 0.05) is 22.8 Å². The minimum absolute atomic E-state index is 0.173. The number of benzene rings is 1. The van der Waals surface area contributed by atoms with E-state index in [9.17, 15) is 9.59 Å². The molecule has 140 valence electrons.